The van der Waals surface area contributed by atoms with E-state index in [1.807, 2.05) is 0 Å². The molecule has 1 fully saturated rings. The van der Waals surface area contributed by atoms with Gasteiger partial charge in [0.05, 0.1) is 25.2 Å². The van der Waals surface area contributed by atoms with Crippen LogP contribution in [-0.2, 0) is 22.1 Å². The Kier molecular flexibility index (Phi) is 7.19. The Morgan fingerprint density at radius 2 is 1.77 bits per heavy atom. The maximum Gasteiger partial charge on any atom is 0.416 e. The fourth-order valence-corrected chi connectivity index (χ4v) is 4.20. The molecule has 2 aromatic carbocycles. The molecule has 0 saturated heterocycles. The Hall–Kier alpha value is -2.34. The lowest BCUT2D eigenvalue weighted by Gasteiger charge is -2.25. The van der Waals surface area contributed by atoms with E-state index < -0.39 is 23.8 Å². The molecule has 3 nitrogen and oxygen atoms in total. The summed E-state index contributed by atoms with van der Waals surface area (Å²) in [6.45, 7) is 0. The van der Waals surface area contributed by atoms with Gasteiger partial charge in [0.1, 0.15) is 0 Å². The van der Waals surface area contributed by atoms with E-state index in [-0.39, 0.29) is 6.42 Å². The van der Waals surface area contributed by atoms with Crippen molar-refractivity contribution in [3.05, 3.63) is 59.2 Å². The van der Waals surface area contributed by atoms with Crippen LogP contribution < -0.4 is 0 Å². The Bertz CT molecular complexity index is 853. The number of ether oxygens (including phenoxy) is 1. The van der Waals surface area contributed by atoms with Crippen molar-refractivity contribution in [1.82, 2.24) is 0 Å². The highest BCUT2D eigenvalue weighted by Gasteiger charge is 2.30. The van der Waals surface area contributed by atoms with E-state index in [1.165, 1.54) is 38.5 Å². The number of carbonyl (C=O) groups excluding carboxylic acids is 1. The van der Waals surface area contributed by atoms with Crippen LogP contribution in [0.2, 0.25) is 0 Å². The zero-order chi connectivity index (χ0) is 21.7. The first-order valence-electron chi connectivity index (χ1n) is 10.3. The van der Waals surface area contributed by atoms with E-state index >= 15 is 0 Å². The first kappa shape index (κ1) is 22.3. The Labute approximate surface area is 174 Å². The van der Waals surface area contributed by atoms with Gasteiger partial charge in [0.15, 0.2) is 0 Å². The largest absolute Gasteiger partial charge is 0.469 e. The van der Waals surface area contributed by atoms with E-state index in [9.17, 15) is 23.1 Å². The molecule has 1 unspecified atom stereocenters. The normalized spacial score (nSPS) is 16.3. The average Bonchev–Trinajstić information content (AvgIpc) is 2.73. The number of aliphatic hydroxyl groups excluding tert-OH is 1. The van der Waals surface area contributed by atoms with Crippen LogP contribution in [0.5, 0.6) is 0 Å². The zero-order valence-corrected chi connectivity index (χ0v) is 17.0. The van der Waals surface area contributed by atoms with Crippen molar-refractivity contribution in [3.63, 3.8) is 0 Å². The van der Waals surface area contributed by atoms with E-state index in [2.05, 4.69) is 0 Å². The third-order valence-corrected chi connectivity index (χ3v) is 5.86. The number of alkyl halides is 3. The quantitative estimate of drug-likeness (QED) is 0.575. The van der Waals surface area contributed by atoms with E-state index in [0.717, 1.165) is 25.0 Å². The van der Waals surface area contributed by atoms with Gasteiger partial charge in [-0.05, 0) is 46.7 Å². The molecule has 1 saturated carbocycles. The van der Waals surface area contributed by atoms with Gasteiger partial charge in [-0.2, -0.15) is 13.2 Å². The molecule has 0 bridgehead atoms. The molecule has 0 amide bonds. The summed E-state index contributed by atoms with van der Waals surface area (Å²) in [4.78, 5) is 11.7. The number of benzene rings is 2. The van der Waals surface area contributed by atoms with Crippen molar-refractivity contribution >= 4 is 5.97 Å². The molecule has 1 atom stereocenters. The molecule has 1 aliphatic carbocycles. The van der Waals surface area contributed by atoms with Crippen molar-refractivity contribution in [1.29, 1.82) is 0 Å². The van der Waals surface area contributed by atoms with Crippen LogP contribution in [0.1, 0.15) is 61.3 Å². The van der Waals surface area contributed by atoms with E-state index in [0.29, 0.717) is 34.6 Å². The molecule has 0 spiro atoms. The van der Waals surface area contributed by atoms with Gasteiger partial charge in [0, 0.05) is 0 Å². The van der Waals surface area contributed by atoms with Gasteiger partial charge < -0.3 is 9.84 Å². The standard InChI is InChI=1S/C24H27F3O3/c1-30-23(29)15-17-7-12-20(22(28)14-16-5-3-2-4-6-16)21(13-17)18-8-10-19(11-9-18)24(25,26)27/h7-13,16,22,28H,2-6,14-15H2,1H3. The molecule has 0 aromatic heterocycles. The van der Waals surface area contributed by atoms with Crippen molar-refractivity contribution in [2.75, 3.05) is 7.11 Å². The van der Waals surface area contributed by atoms with Gasteiger partial charge in [-0.1, -0.05) is 62.4 Å². The number of carbonyl (C=O) groups is 1. The smallest absolute Gasteiger partial charge is 0.416 e. The number of hydrogen-bond acceptors (Lipinski definition) is 3. The van der Waals surface area contributed by atoms with Crippen LogP contribution >= 0.6 is 0 Å². The molecule has 162 valence electrons. The topological polar surface area (TPSA) is 46.5 Å². The highest BCUT2D eigenvalue weighted by atomic mass is 19.4. The molecule has 2 aromatic rings. The minimum atomic E-state index is -4.41. The number of halogens is 3. The molecule has 1 N–H and O–H groups in total. The maximum absolute atomic E-state index is 12.9. The zero-order valence-electron chi connectivity index (χ0n) is 17.0. The number of esters is 1. The van der Waals surface area contributed by atoms with Crippen molar-refractivity contribution < 1.29 is 27.8 Å². The number of aliphatic hydroxyl groups is 1. The molecule has 0 heterocycles. The van der Waals surface area contributed by atoms with Crippen LogP contribution in [0.25, 0.3) is 11.1 Å². The predicted molar refractivity (Wildman–Crippen MR) is 109 cm³/mol. The molecule has 30 heavy (non-hydrogen) atoms. The van der Waals surface area contributed by atoms with Gasteiger partial charge in [0.25, 0.3) is 0 Å². The molecular formula is C24H27F3O3. The Balaban J connectivity index is 1.93. The number of methoxy groups -OCH3 is 1. The summed E-state index contributed by atoms with van der Waals surface area (Å²) in [5.41, 5.74) is 1.86. The first-order valence-corrected chi connectivity index (χ1v) is 10.3. The van der Waals surface area contributed by atoms with Crippen molar-refractivity contribution in [3.8, 4) is 11.1 Å². The van der Waals surface area contributed by atoms with E-state index in [1.54, 1.807) is 18.2 Å². The SMILES string of the molecule is COC(=O)Cc1ccc(C(O)CC2CCCCC2)c(-c2ccc(C(F)(F)F)cc2)c1. The maximum atomic E-state index is 12.9. The fraction of sp³-hybridized carbons (Fsp3) is 0.458. The van der Waals surface area contributed by atoms with Crippen molar-refractivity contribution in [2.45, 2.75) is 57.2 Å². The summed E-state index contributed by atoms with van der Waals surface area (Å²) in [5.74, 6) is 0.0489. The summed E-state index contributed by atoms with van der Waals surface area (Å²) in [5, 5.41) is 10.9. The third kappa shape index (κ3) is 5.63. The molecule has 6 heteroatoms. The average molecular weight is 420 g/mol. The van der Waals surface area contributed by atoms with E-state index in [4.69, 9.17) is 4.74 Å². The lowest BCUT2D eigenvalue weighted by Crippen LogP contribution is -2.12. The predicted octanol–water partition coefficient (Wildman–Crippen LogP) is 6.09. The Morgan fingerprint density at radius 1 is 1.10 bits per heavy atom. The minimum absolute atomic E-state index is 0.0587. The number of hydrogen-bond donors (Lipinski definition) is 1. The molecule has 0 radical (unpaired) electrons. The lowest BCUT2D eigenvalue weighted by molar-refractivity contribution is -0.140. The minimum Gasteiger partial charge on any atom is -0.469 e. The fourth-order valence-electron chi connectivity index (χ4n) is 4.20. The summed E-state index contributed by atoms with van der Waals surface area (Å²) in [6.07, 6.45) is 1.31. The summed E-state index contributed by atoms with van der Waals surface area (Å²) in [7, 11) is 1.31. The van der Waals surface area contributed by atoms with Gasteiger partial charge in [-0.3, -0.25) is 4.79 Å². The van der Waals surface area contributed by atoms with Gasteiger partial charge in [-0.15, -0.1) is 0 Å². The highest BCUT2D eigenvalue weighted by molar-refractivity contribution is 5.75. The second kappa shape index (κ2) is 9.65. The van der Waals surface area contributed by atoms with Gasteiger partial charge in [-0.25, -0.2) is 0 Å². The Morgan fingerprint density at radius 3 is 2.37 bits per heavy atom. The summed E-state index contributed by atoms with van der Waals surface area (Å²) >= 11 is 0. The highest BCUT2D eigenvalue weighted by Crippen LogP contribution is 2.37. The lowest BCUT2D eigenvalue weighted by atomic mass is 9.82. The third-order valence-electron chi connectivity index (χ3n) is 5.86. The number of rotatable bonds is 6. The molecule has 0 aliphatic heterocycles. The summed E-state index contributed by atoms with van der Waals surface area (Å²) < 4.78 is 43.6. The van der Waals surface area contributed by atoms with Crippen LogP contribution in [0, 0.1) is 5.92 Å². The molecule has 1 aliphatic rings. The summed E-state index contributed by atoms with van der Waals surface area (Å²) in [6, 6.07) is 10.2. The van der Waals surface area contributed by atoms with Crippen molar-refractivity contribution in [2.24, 2.45) is 5.92 Å². The van der Waals surface area contributed by atoms with Gasteiger partial charge in [0.2, 0.25) is 0 Å². The van der Waals surface area contributed by atoms with Gasteiger partial charge >= 0.3 is 12.1 Å². The second-order valence-corrected chi connectivity index (χ2v) is 8.01. The second-order valence-electron chi connectivity index (χ2n) is 8.01. The molecule has 3 rings (SSSR count). The van der Waals surface area contributed by atoms with Crippen LogP contribution in [-0.4, -0.2) is 18.2 Å². The van der Waals surface area contributed by atoms with Crippen LogP contribution in [0.3, 0.4) is 0 Å². The molecular weight excluding hydrogens is 393 g/mol. The monoisotopic (exact) mass is 420 g/mol. The van der Waals surface area contributed by atoms with Crippen LogP contribution in [0.4, 0.5) is 13.2 Å². The first-order chi connectivity index (χ1) is 14.3. The van der Waals surface area contributed by atoms with Crippen LogP contribution in [0.15, 0.2) is 42.5 Å².